The van der Waals surface area contributed by atoms with Crippen LogP contribution in [-0.4, -0.2) is 33.7 Å². The van der Waals surface area contributed by atoms with E-state index in [0.29, 0.717) is 17.7 Å². The van der Waals surface area contributed by atoms with Crippen LogP contribution in [0.15, 0.2) is 36.4 Å². The van der Waals surface area contributed by atoms with Crippen molar-refractivity contribution in [2.75, 3.05) is 6.54 Å². The molecule has 1 unspecified atom stereocenters. The van der Waals surface area contributed by atoms with Crippen molar-refractivity contribution in [2.45, 2.75) is 31.7 Å². The van der Waals surface area contributed by atoms with Gasteiger partial charge in [0.05, 0.1) is 5.56 Å². The normalized spacial score (nSPS) is 23.0. The van der Waals surface area contributed by atoms with Gasteiger partial charge in [-0.2, -0.15) is 0 Å². The summed E-state index contributed by atoms with van der Waals surface area (Å²) in [6.07, 6.45) is 7.41. The number of Topliss-reactive ketones (excluding diaryl/α,β-unsaturated/α-hetero) is 1. The number of aromatic nitrogens is 1. The summed E-state index contributed by atoms with van der Waals surface area (Å²) < 4.78 is 1.89. The molecule has 1 amide bonds. The van der Waals surface area contributed by atoms with E-state index in [4.69, 9.17) is 0 Å². The monoisotopic (exact) mass is 308 g/mol. The molecule has 1 aromatic carbocycles. The summed E-state index contributed by atoms with van der Waals surface area (Å²) in [6, 6.07) is 7.77. The molecule has 0 N–H and O–H groups in total. The molecule has 0 spiro atoms. The Morgan fingerprint density at radius 3 is 2.83 bits per heavy atom. The Labute approximate surface area is 135 Å². The molecule has 0 aliphatic carbocycles. The number of ketones is 1. The molecule has 2 aromatic rings. The summed E-state index contributed by atoms with van der Waals surface area (Å²) >= 11 is 0. The highest BCUT2D eigenvalue weighted by Crippen LogP contribution is 2.32. The second kappa shape index (κ2) is 5.37. The van der Waals surface area contributed by atoms with Crippen LogP contribution in [0.2, 0.25) is 0 Å². The average Bonchev–Trinajstić information content (AvgIpc) is 2.78. The first-order valence-electron chi connectivity index (χ1n) is 8.25. The van der Waals surface area contributed by atoms with Gasteiger partial charge in [-0.15, -0.1) is 0 Å². The van der Waals surface area contributed by atoms with Gasteiger partial charge in [-0.05, 0) is 25.3 Å². The molecule has 0 saturated carbocycles. The van der Waals surface area contributed by atoms with Crippen LogP contribution >= 0.6 is 0 Å². The number of para-hydroxylation sites is 1. The van der Waals surface area contributed by atoms with E-state index >= 15 is 0 Å². The lowest BCUT2D eigenvalue weighted by Gasteiger charge is -2.30. The SMILES string of the molecule is Cn1c2c(c3ccccc31)C(=O)CC1C/C=C\CCCN1C2=O. The first-order chi connectivity index (χ1) is 11.2. The van der Waals surface area contributed by atoms with Gasteiger partial charge in [0.1, 0.15) is 5.69 Å². The molecule has 0 bridgehead atoms. The smallest absolute Gasteiger partial charge is 0.271 e. The molecule has 4 nitrogen and oxygen atoms in total. The van der Waals surface area contributed by atoms with Gasteiger partial charge in [0.2, 0.25) is 0 Å². The Bertz CT molecular complexity index is 831. The molecule has 2 aliphatic rings. The van der Waals surface area contributed by atoms with Crippen molar-refractivity contribution in [1.82, 2.24) is 9.47 Å². The van der Waals surface area contributed by atoms with Crippen LogP contribution in [0, 0.1) is 0 Å². The topological polar surface area (TPSA) is 42.3 Å². The van der Waals surface area contributed by atoms with E-state index in [1.54, 1.807) is 0 Å². The quantitative estimate of drug-likeness (QED) is 0.701. The van der Waals surface area contributed by atoms with Gasteiger partial charge in [-0.25, -0.2) is 0 Å². The van der Waals surface area contributed by atoms with Crippen molar-refractivity contribution in [2.24, 2.45) is 7.05 Å². The fourth-order valence-corrected chi connectivity index (χ4v) is 3.90. The number of allylic oxidation sites excluding steroid dienone is 1. The molecule has 0 saturated heterocycles. The number of carbonyl (C=O) groups excluding carboxylic acids is 2. The summed E-state index contributed by atoms with van der Waals surface area (Å²) in [4.78, 5) is 28.0. The van der Waals surface area contributed by atoms with E-state index in [2.05, 4.69) is 12.2 Å². The van der Waals surface area contributed by atoms with Crippen molar-refractivity contribution in [3.8, 4) is 0 Å². The average molecular weight is 308 g/mol. The summed E-state index contributed by atoms with van der Waals surface area (Å²) in [5, 5.41) is 0.898. The highest BCUT2D eigenvalue weighted by Gasteiger charge is 2.36. The first-order valence-corrected chi connectivity index (χ1v) is 8.25. The minimum atomic E-state index is -0.0160. The number of rotatable bonds is 0. The van der Waals surface area contributed by atoms with E-state index in [0.717, 1.165) is 36.7 Å². The maximum Gasteiger partial charge on any atom is 0.271 e. The fourth-order valence-electron chi connectivity index (χ4n) is 3.90. The lowest BCUT2D eigenvalue weighted by molar-refractivity contribution is 0.0661. The number of aryl methyl sites for hydroxylation is 1. The van der Waals surface area contributed by atoms with Gasteiger partial charge in [-0.3, -0.25) is 9.59 Å². The number of carbonyl (C=O) groups is 2. The summed E-state index contributed by atoms with van der Waals surface area (Å²) in [6.45, 7) is 0.724. The molecule has 4 rings (SSSR count). The minimum absolute atomic E-state index is 0.00449. The molecule has 1 aromatic heterocycles. The zero-order valence-corrected chi connectivity index (χ0v) is 13.3. The third-order valence-corrected chi connectivity index (χ3v) is 5.06. The molecule has 1 atom stereocenters. The maximum atomic E-state index is 13.2. The predicted molar refractivity (Wildman–Crippen MR) is 89.7 cm³/mol. The van der Waals surface area contributed by atoms with Gasteiger partial charge in [-0.1, -0.05) is 30.4 Å². The number of amides is 1. The van der Waals surface area contributed by atoms with Crippen molar-refractivity contribution in [3.05, 3.63) is 47.7 Å². The number of fused-ring (bicyclic) bond motifs is 4. The van der Waals surface area contributed by atoms with Crippen molar-refractivity contribution >= 4 is 22.6 Å². The molecule has 3 heterocycles. The Hall–Kier alpha value is -2.36. The van der Waals surface area contributed by atoms with E-state index in [1.165, 1.54) is 0 Å². The van der Waals surface area contributed by atoms with Crippen LogP contribution in [0.5, 0.6) is 0 Å². The maximum absolute atomic E-state index is 13.2. The highest BCUT2D eigenvalue weighted by atomic mass is 16.2. The third kappa shape index (κ3) is 2.12. The van der Waals surface area contributed by atoms with Crippen molar-refractivity contribution in [1.29, 1.82) is 0 Å². The lowest BCUT2D eigenvalue weighted by Crippen LogP contribution is -2.41. The summed E-state index contributed by atoms with van der Waals surface area (Å²) in [5.74, 6) is 0.0940. The summed E-state index contributed by atoms with van der Waals surface area (Å²) in [5.41, 5.74) is 2.12. The van der Waals surface area contributed by atoms with Crippen molar-refractivity contribution < 1.29 is 9.59 Å². The van der Waals surface area contributed by atoms with E-state index in [9.17, 15) is 9.59 Å². The van der Waals surface area contributed by atoms with Crippen LogP contribution in [0.4, 0.5) is 0 Å². The Morgan fingerprint density at radius 2 is 1.96 bits per heavy atom. The van der Waals surface area contributed by atoms with Crippen LogP contribution in [-0.2, 0) is 7.05 Å². The van der Waals surface area contributed by atoms with Gasteiger partial charge in [0, 0.05) is 37.0 Å². The predicted octanol–water partition coefficient (Wildman–Crippen LogP) is 3.32. The van der Waals surface area contributed by atoms with E-state index < -0.39 is 0 Å². The molecule has 0 radical (unpaired) electrons. The second-order valence-corrected chi connectivity index (χ2v) is 6.43. The van der Waals surface area contributed by atoms with Gasteiger partial charge in [0.25, 0.3) is 5.91 Å². The van der Waals surface area contributed by atoms with Gasteiger partial charge >= 0.3 is 0 Å². The molecule has 2 aliphatic heterocycles. The van der Waals surface area contributed by atoms with Gasteiger partial charge in [0.15, 0.2) is 5.78 Å². The van der Waals surface area contributed by atoms with Crippen LogP contribution in [0.3, 0.4) is 0 Å². The molecule has 4 heteroatoms. The van der Waals surface area contributed by atoms with Crippen LogP contribution in [0.1, 0.15) is 46.5 Å². The molecule has 0 fully saturated rings. The standard InChI is InChI=1S/C19H20N2O2/c1-20-15-10-6-5-9-14(15)17-16(22)12-13-8-4-2-3-7-11-21(13)19(23)18(17)20/h2,4-6,9-10,13H,3,7-8,11-12H2,1H3/b4-2-. The Kier molecular flexibility index (Phi) is 3.33. The number of nitrogens with zero attached hydrogens (tertiary/aromatic N) is 2. The molecule has 23 heavy (non-hydrogen) atoms. The Morgan fingerprint density at radius 1 is 1.13 bits per heavy atom. The van der Waals surface area contributed by atoms with Crippen molar-refractivity contribution in [3.63, 3.8) is 0 Å². The zero-order chi connectivity index (χ0) is 16.0. The fraction of sp³-hybridized carbons (Fsp3) is 0.368. The van der Waals surface area contributed by atoms with E-state index in [-0.39, 0.29) is 17.7 Å². The lowest BCUT2D eigenvalue weighted by atomic mass is 9.99. The number of benzene rings is 1. The first kappa shape index (κ1) is 14.2. The van der Waals surface area contributed by atoms with Crippen LogP contribution in [0.25, 0.3) is 10.9 Å². The zero-order valence-electron chi connectivity index (χ0n) is 13.3. The van der Waals surface area contributed by atoms with E-state index in [1.807, 2.05) is 40.8 Å². The third-order valence-electron chi connectivity index (χ3n) is 5.06. The summed E-state index contributed by atoms with van der Waals surface area (Å²) in [7, 11) is 1.89. The highest BCUT2D eigenvalue weighted by molar-refractivity contribution is 6.17. The molecule has 118 valence electrons. The van der Waals surface area contributed by atoms with Gasteiger partial charge < -0.3 is 9.47 Å². The largest absolute Gasteiger partial charge is 0.339 e. The second-order valence-electron chi connectivity index (χ2n) is 6.43. The van der Waals surface area contributed by atoms with Crippen LogP contribution < -0.4 is 0 Å². The minimum Gasteiger partial charge on any atom is -0.339 e. The number of hydrogen-bond acceptors (Lipinski definition) is 2. The molecular weight excluding hydrogens is 288 g/mol. The molecular formula is C19H20N2O2. The number of hydrogen-bond donors (Lipinski definition) is 0. The Balaban J connectivity index is 1.92.